The molecule has 58 heavy (non-hydrogen) atoms. The average Bonchev–Trinajstić information content (AvgIpc) is 3.20. The van der Waals surface area contributed by atoms with Crippen molar-refractivity contribution < 1.29 is 9.59 Å². The number of nitrogens with two attached hydrogens (primary N) is 2. The lowest BCUT2D eigenvalue weighted by Gasteiger charge is -2.28. The highest BCUT2D eigenvalue weighted by Gasteiger charge is 2.22. The van der Waals surface area contributed by atoms with Crippen LogP contribution < -0.4 is 22.1 Å². The van der Waals surface area contributed by atoms with Crippen molar-refractivity contribution in [1.82, 2.24) is 20.4 Å². The van der Waals surface area contributed by atoms with Crippen LogP contribution in [0.5, 0.6) is 0 Å². The van der Waals surface area contributed by atoms with E-state index in [1.165, 1.54) is 33.4 Å². The van der Waals surface area contributed by atoms with E-state index in [9.17, 15) is 9.59 Å². The van der Waals surface area contributed by atoms with Crippen LogP contribution in [0.1, 0.15) is 51.7 Å². The third kappa shape index (κ3) is 18.3. The molecule has 4 aromatic rings. The Morgan fingerprint density at radius 2 is 0.845 bits per heavy atom. The number of nitrogens with one attached hydrogen (secondary N) is 2. The number of benzene rings is 4. The number of rotatable bonds is 23. The van der Waals surface area contributed by atoms with Gasteiger partial charge in [0.1, 0.15) is 0 Å². The fraction of sp³-hybridized carbons (Fsp3) is 0.435. The van der Waals surface area contributed by atoms with E-state index in [-0.39, 0.29) is 49.0 Å². The van der Waals surface area contributed by atoms with Gasteiger partial charge in [0.2, 0.25) is 0 Å². The van der Waals surface area contributed by atoms with Crippen molar-refractivity contribution in [3.63, 3.8) is 0 Å². The maximum Gasteiger partial charge on any atom is 0.317 e. The predicted molar refractivity (Wildman–Crippen MR) is 255 cm³/mol. The molecule has 0 aliphatic rings. The van der Waals surface area contributed by atoms with Crippen LogP contribution in [-0.4, -0.2) is 84.7 Å². The zero-order valence-electron chi connectivity index (χ0n) is 34.7. The molecule has 4 amide bonds. The Kier molecular flexibility index (Phi) is 24.6. The summed E-state index contributed by atoms with van der Waals surface area (Å²) < 4.78 is 0. The zero-order valence-corrected chi connectivity index (χ0v) is 38.0. The quantitative estimate of drug-likeness (QED) is 0.0436. The van der Waals surface area contributed by atoms with Crippen LogP contribution >= 0.6 is 46.4 Å². The number of amides is 4. The molecule has 2 atom stereocenters. The Labute approximate surface area is 368 Å². The van der Waals surface area contributed by atoms with E-state index in [2.05, 4.69) is 135 Å². The molecule has 0 fully saturated rings. The molecule has 318 valence electrons. The molecular weight excluding hydrogens is 804 g/mol. The van der Waals surface area contributed by atoms with Gasteiger partial charge in [0.15, 0.2) is 0 Å². The van der Waals surface area contributed by atoms with Crippen molar-refractivity contribution >= 4 is 58.5 Å². The van der Waals surface area contributed by atoms with Gasteiger partial charge in [-0.3, -0.25) is 0 Å². The third-order valence-electron chi connectivity index (χ3n) is 9.69. The molecule has 0 aromatic heterocycles. The van der Waals surface area contributed by atoms with Crippen LogP contribution in [0.3, 0.4) is 0 Å². The van der Waals surface area contributed by atoms with Gasteiger partial charge in [-0.1, -0.05) is 158 Å². The monoisotopic (exact) mass is 868 g/mol. The molecular formula is C46H66Cl2N6O2S2. The maximum absolute atomic E-state index is 13.7. The minimum Gasteiger partial charge on any atom is -0.334 e. The molecule has 0 spiro atoms. The van der Waals surface area contributed by atoms with Crippen LogP contribution in [0.25, 0.3) is 22.3 Å². The second-order valence-electron chi connectivity index (χ2n) is 15.3. The zero-order chi connectivity index (χ0) is 40.1. The summed E-state index contributed by atoms with van der Waals surface area (Å²) >= 11 is 0. The second-order valence-corrected chi connectivity index (χ2v) is 17.9. The molecule has 12 heteroatoms. The molecule has 0 heterocycles. The number of halogens is 2. The Bertz CT molecular complexity index is 1580. The van der Waals surface area contributed by atoms with Crippen molar-refractivity contribution in [3.05, 3.63) is 120 Å². The van der Waals surface area contributed by atoms with Crippen LogP contribution in [0.2, 0.25) is 0 Å². The fourth-order valence-corrected chi connectivity index (χ4v) is 8.85. The SMILES string of the molecule is CC(C)CCN(CCN)C(=O)N[C@@H](CSSC[C@@H](Cc1ccc(-c2ccccc2)cc1)NC(=O)N(CCN)CCC(C)C)Cc1ccc(-c2ccccc2)cc1.Cl.Cl. The fourth-order valence-electron chi connectivity index (χ4n) is 6.36. The molecule has 0 unspecified atom stereocenters. The topological polar surface area (TPSA) is 117 Å². The van der Waals surface area contributed by atoms with E-state index >= 15 is 0 Å². The lowest BCUT2D eigenvalue weighted by molar-refractivity contribution is 0.192. The predicted octanol–water partition coefficient (Wildman–Crippen LogP) is 9.80. The third-order valence-corrected chi connectivity index (χ3v) is 12.2. The summed E-state index contributed by atoms with van der Waals surface area (Å²) in [5.74, 6) is 2.39. The van der Waals surface area contributed by atoms with Gasteiger partial charge in [-0.05, 0) is 70.9 Å². The molecule has 0 aliphatic heterocycles. The summed E-state index contributed by atoms with van der Waals surface area (Å²) in [6.07, 6.45) is 3.25. The number of hydrogen-bond acceptors (Lipinski definition) is 6. The largest absolute Gasteiger partial charge is 0.334 e. The van der Waals surface area contributed by atoms with Gasteiger partial charge < -0.3 is 31.9 Å². The Morgan fingerprint density at radius 3 is 1.16 bits per heavy atom. The van der Waals surface area contributed by atoms with Gasteiger partial charge >= 0.3 is 12.1 Å². The number of carbonyl (C=O) groups excluding carboxylic acids is 2. The van der Waals surface area contributed by atoms with Gasteiger partial charge in [-0.2, -0.15) is 0 Å². The van der Waals surface area contributed by atoms with Crippen molar-refractivity contribution in [3.8, 4) is 22.3 Å². The average molecular weight is 870 g/mol. The summed E-state index contributed by atoms with van der Waals surface area (Å²) in [5, 5.41) is 6.72. The van der Waals surface area contributed by atoms with Crippen molar-refractivity contribution in [1.29, 1.82) is 0 Å². The highest BCUT2D eigenvalue weighted by molar-refractivity contribution is 8.76. The van der Waals surface area contributed by atoms with Crippen LogP contribution in [0, 0.1) is 11.8 Å². The maximum atomic E-state index is 13.7. The first-order chi connectivity index (χ1) is 27.1. The molecule has 0 bridgehead atoms. The highest BCUT2D eigenvalue weighted by atomic mass is 35.5. The Balaban J connectivity index is 0.00000580. The molecule has 4 rings (SSSR count). The van der Waals surface area contributed by atoms with Crippen LogP contribution in [-0.2, 0) is 12.8 Å². The van der Waals surface area contributed by atoms with Gasteiger partial charge in [0.05, 0.1) is 0 Å². The van der Waals surface area contributed by atoms with E-state index in [4.69, 9.17) is 11.5 Å². The Hall–Kier alpha value is -3.38. The van der Waals surface area contributed by atoms with E-state index in [1.54, 1.807) is 21.6 Å². The van der Waals surface area contributed by atoms with Crippen LogP contribution in [0.4, 0.5) is 9.59 Å². The molecule has 0 saturated carbocycles. The molecule has 0 radical (unpaired) electrons. The molecule has 0 saturated heterocycles. The smallest absolute Gasteiger partial charge is 0.317 e. The number of carbonyl (C=O) groups is 2. The molecule has 8 nitrogen and oxygen atoms in total. The minimum atomic E-state index is -0.100. The Morgan fingerprint density at radius 1 is 0.517 bits per heavy atom. The van der Waals surface area contributed by atoms with Crippen molar-refractivity contribution in [2.45, 2.75) is 65.5 Å². The minimum absolute atomic E-state index is 0. The first-order valence-corrected chi connectivity index (χ1v) is 22.7. The summed E-state index contributed by atoms with van der Waals surface area (Å²) in [5.41, 5.74) is 18.9. The standard InChI is InChI=1S/C46H64N6O2S2.2ClH/c1-35(2)23-27-51(29-25-47)45(53)49-43(31-37-15-19-41(20-16-37)39-11-7-5-8-12-39)33-55-56-34-44(50-46(54)52(30-26-48)28-24-36(3)4)32-38-17-21-42(22-18-38)40-13-9-6-10-14-40;;/h5-22,35-36,43-44H,23-34,47-48H2,1-4H3,(H,49,53)(H,50,54);2*1H/t43-,44-;;/m1../s1. The molecule has 6 N–H and O–H groups in total. The van der Waals surface area contributed by atoms with Crippen molar-refractivity contribution in [2.24, 2.45) is 23.3 Å². The molecule has 0 aliphatic carbocycles. The lowest BCUT2D eigenvalue weighted by atomic mass is 10.0. The number of hydrogen-bond donors (Lipinski definition) is 4. The number of urea groups is 2. The molecule has 4 aromatic carbocycles. The summed E-state index contributed by atoms with van der Waals surface area (Å²) in [6, 6.07) is 37.7. The second kappa shape index (κ2) is 28.2. The van der Waals surface area contributed by atoms with Gasteiger partial charge in [0.25, 0.3) is 0 Å². The number of nitrogens with zero attached hydrogens (tertiary/aromatic N) is 2. The van der Waals surface area contributed by atoms with Gasteiger partial charge in [0, 0.05) is 62.9 Å². The van der Waals surface area contributed by atoms with Gasteiger partial charge in [-0.25, -0.2) is 9.59 Å². The van der Waals surface area contributed by atoms with E-state index in [0.717, 1.165) is 12.8 Å². The lowest BCUT2D eigenvalue weighted by Crippen LogP contribution is -2.49. The summed E-state index contributed by atoms with van der Waals surface area (Å²) in [7, 11) is 3.48. The van der Waals surface area contributed by atoms with E-state index in [0.29, 0.717) is 75.5 Å². The van der Waals surface area contributed by atoms with E-state index < -0.39 is 0 Å². The normalized spacial score (nSPS) is 11.9. The first kappa shape index (κ1) is 50.8. The first-order valence-electron chi connectivity index (χ1n) is 20.2. The highest BCUT2D eigenvalue weighted by Crippen LogP contribution is 2.27. The van der Waals surface area contributed by atoms with Gasteiger partial charge in [-0.15, -0.1) is 24.8 Å². The van der Waals surface area contributed by atoms with Crippen LogP contribution in [0.15, 0.2) is 109 Å². The summed E-state index contributed by atoms with van der Waals surface area (Å²) in [6.45, 7) is 11.9. The van der Waals surface area contributed by atoms with Crippen molar-refractivity contribution in [2.75, 3.05) is 50.8 Å². The van der Waals surface area contributed by atoms with E-state index in [1.807, 2.05) is 21.9 Å². The summed E-state index contributed by atoms with van der Waals surface area (Å²) in [4.78, 5) is 31.0.